The number of quaternary nitrogens is 1. The molecule has 1 aromatic carbocycles. The Kier molecular flexibility index (Phi) is 7.27. The van der Waals surface area contributed by atoms with Crippen LogP contribution < -0.4 is 17.0 Å². The highest BCUT2D eigenvalue weighted by Gasteiger charge is 2.21. The first-order valence-electron chi connectivity index (χ1n) is 5.40. The molecular weight excluding hydrogens is 285 g/mol. The molecule has 0 aliphatic rings. The molecule has 0 heterocycles. The number of hydrogen-bond donors (Lipinski definition) is 1. The normalized spacial score (nSPS) is 13.6. The minimum atomic E-state index is -0.186. The minimum absolute atomic E-state index is 0. The fourth-order valence-corrected chi connectivity index (χ4v) is 1.83. The Bertz CT molecular complexity index is 359. The lowest BCUT2D eigenvalue weighted by atomic mass is 10.1. The SMILES string of the molecule is C=CC[N@+](C)(CCO)Cc1ccccc1F.[Br-]. The highest BCUT2D eigenvalue weighted by molar-refractivity contribution is 5.16. The van der Waals surface area contributed by atoms with E-state index in [1.54, 1.807) is 18.2 Å². The second-order valence-corrected chi connectivity index (χ2v) is 4.29. The van der Waals surface area contributed by atoms with Crippen LogP contribution >= 0.6 is 0 Å². The summed E-state index contributed by atoms with van der Waals surface area (Å²) in [5, 5.41) is 9.03. The van der Waals surface area contributed by atoms with Gasteiger partial charge in [0, 0.05) is 5.56 Å². The van der Waals surface area contributed by atoms with Gasteiger partial charge < -0.3 is 26.6 Å². The fraction of sp³-hybridized carbons (Fsp3) is 0.385. The Hall–Kier alpha value is -0.710. The number of benzene rings is 1. The maximum atomic E-state index is 13.5. The van der Waals surface area contributed by atoms with Crippen molar-refractivity contribution < 1.29 is 31.0 Å². The van der Waals surface area contributed by atoms with E-state index < -0.39 is 0 Å². The molecular formula is C13H19BrFNO. The summed E-state index contributed by atoms with van der Waals surface area (Å²) in [6.45, 7) is 5.68. The van der Waals surface area contributed by atoms with E-state index in [9.17, 15) is 4.39 Å². The van der Waals surface area contributed by atoms with E-state index >= 15 is 0 Å². The van der Waals surface area contributed by atoms with E-state index in [2.05, 4.69) is 6.58 Å². The van der Waals surface area contributed by atoms with E-state index in [0.29, 0.717) is 23.1 Å². The van der Waals surface area contributed by atoms with Gasteiger partial charge in [-0.25, -0.2) is 4.39 Å². The van der Waals surface area contributed by atoms with Crippen LogP contribution in [0.2, 0.25) is 0 Å². The van der Waals surface area contributed by atoms with Crippen LogP contribution in [0.4, 0.5) is 4.39 Å². The van der Waals surface area contributed by atoms with Crippen molar-refractivity contribution in [3.05, 3.63) is 48.3 Å². The van der Waals surface area contributed by atoms with Crippen LogP contribution in [-0.4, -0.2) is 36.3 Å². The summed E-state index contributed by atoms with van der Waals surface area (Å²) >= 11 is 0. The van der Waals surface area contributed by atoms with Crippen LogP contribution in [0.15, 0.2) is 36.9 Å². The topological polar surface area (TPSA) is 20.2 Å². The summed E-state index contributed by atoms with van der Waals surface area (Å²) in [7, 11) is 1.99. The average molecular weight is 304 g/mol. The number of rotatable bonds is 6. The maximum Gasteiger partial charge on any atom is 0.132 e. The van der Waals surface area contributed by atoms with E-state index in [0.717, 1.165) is 6.54 Å². The summed E-state index contributed by atoms with van der Waals surface area (Å²) < 4.78 is 14.1. The quantitative estimate of drug-likeness (QED) is 0.526. The zero-order chi connectivity index (χ0) is 12.0. The summed E-state index contributed by atoms with van der Waals surface area (Å²) in [5.41, 5.74) is 0.681. The van der Waals surface area contributed by atoms with Gasteiger partial charge in [-0.3, -0.25) is 0 Å². The van der Waals surface area contributed by atoms with Gasteiger partial charge in [0.25, 0.3) is 0 Å². The van der Waals surface area contributed by atoms with Crippen molar-refractivity contribution in [1.82, 2.24) is 0 Å². The van der Waals surface area contributed by atoms with Gasteiger partial charge in [0.2, 0.25) is 0 Å². The van der Waals surface area contributed by atoms with Crippen molar-refractivity contribution in [3.8, 4) is 0 Å². The number of aliphatic hydroxyl groups is 1. The van der Waals surface area contributed by atoms with Crippen molar-refractivity contribution in [2.75, 3.05) is 26.7 Å². The van der Waals surface area contributed by atoms with Crippen LogP contribution in [-0.2, 0) is 6.54 Å². The molecule has 0 bridgehead atoms. The molecule has 2 nitrogen and oxygen atoms in total. The molecule has 0 spiro atoms. The lowest BCUT2D eigenvalue weighted by molar-refractivity contribution is -0.917. The molecule has 0 saturated carbocycles. The van der Waals surface area contributed by atoms with Crippen LogP contribution in [0.25, 0.3) is 0 Å². The fourth-order valence-electron chi connectivity index (χ4n) is 1.83. The maximum absolute atomic E-state index is 13.5. The molecule has 1 rings (SSSR count). The molecule has 0 aromatic heterocycles. The first-order valence-corrected chi connectivity index (χ1v) is 5.40. The van der Waals surface area contributed by atoms with E-state index in [1.807, 2.05) is 13.1 Å². The molecule has 17 heavy (non-hydrogen) atoms. The zero-order valence-electron chi connectivity index (χ0n) is 10.1. The molecule has 4 heteroatoms. The molecule has 0 aliphatic carbocycles. The Morgan fingerprint density at radius 1 is 1.41 bits per heavy atom. The Morgan fingerprint density at radius 2 is 2.06 bits per heavy atom. The smallest absolute Gasteiger partial charge is 0.132 e. The molecule has 0 amide bonds. The number of nitrogens with zero attached hydrogens (tertiary/aromatic N) is 1. The summed E-state index contributed by atoms with van der Waals surface area (Å²) in [5.74, 6) is -0.186. The van der Waals surface area contributed by atoms with Crippen molar-refractivity contribution in [2.45, 2.75) is 6.54 Å². The molecule has 0 fully saturated rings. The first-order chi connectivity index (χ1) is 7.61. The highest BCUT2D eigenvalue weighted by atomic mass is 79.9. The summed E-state index contributed by atoms with van der Waals surface area (Å²) in [4.78, 5) is 0. The highest BCUT2D eigenvalue weighted by Crippen LogP contribution is 2.14. The Morgan fingerprint density at radius 3 is 2.59 bits per heavy atom. The number of halogens is 2. The predicted molar refractivity (Wildman–Crippen MR) is 63.3 cm³/mol. The predicted octanol–water partition coefficient (Wildman–Crippen LogP) is -1.05. The molecule has 0 unspecified atom stereocenters. The average Bonchev–Trinajstić information content (AvgIpc) is 2.22. The van der Waals surface area contributed by atoms with Crippen LogP contribution in [0.3, 0.4) is 0 Å². The number of likely N-dealkylation sites (N-methyl/N-ethyl adjacent to an activating group) is 1. The molecule has 0 radical (unpaired) electrons. The van der Waals surface area contributed by atoms with E-state index in [1.165, 1.54) is 6.07 Å². The van der Waals surface area contributed by atoms with Gasteiger partial charge in [-0.15, -0.1) is 0 Å². The van der Waals surface area contributed by atoms with Gasteiger partial charge in [-0.05, 0) is 12.1 Å². The summed E-state index contributed by atoms with van der Waals surface area (Å²) in [6, 6.07) is 6.76. The van der Waals surface area contributed by atoms with Gasteiger partial charge in [0.1, 0.15) is 18.9 Å². The van der Waals surface area contributed by atoms with Gasteiger partial charge in [0.15, 0.2) is 0 Å². The van der Waals surface area contributed by atoms with Crippen LogP contribution in [0.1, 0.15) is 5.56 Å². The zero-order valence-corrected chi connectivity index (χ0v) is 11.7. The van der Waals surface area contributed by atoms with Crippen molar-refractivity contribution in [2.24, 2.45) is 0 Å². The van der Waals surface area contributed by atoms with Crippen molar-refractivity contribution in [1.29, 1.82) is 0 Å². The molecule has 1 N–H and O–H groups in total. The van der Waals surface area contributed by atoms with Gasteiger partial charge >= 0.3 is 0 Å². The lowest BCUT2D eigenvalue weighted by Gasteiger charge is -2.33. The number of hydrogen-bond acceptors (Lipinski definition) is 1. The van der Waals surface area contributed by atoms with Crippen molar-refractivity contribution in [3.63, 3.8) is 0 Å². The molecule has 0 aliphatic heterocycles. The lowest BCUT2D eigenvalue weighted by Crippen LogP contribution is -3.00. The van der Waals surface area contributed by atoms with Crippen LogP contribution in [0, 0.1) is 5.82 Å². The largest absolute Gasteiger partial charge is 1.00 e. The monoisotopic (exact) mass is 303 g/mol. The van der Waals surface area contributed by atoms with E-state index in [4.69, 9.17) is 5.11 Å². The van der Waals surface area contributed by atoms with Gasteiger partial charge in [-0.2, -0.15) is 0 Å². The van der Waals surface area contributed by atoms with Crippen molar-refractivity contribution >= 4 is 0 Å². The third-order valence-electron chi connectivity index (χ3n) is 2.72. The molecule has 1 atom stereocenters. The van der Waals surface area contributed by atoms with E-state index in [-0.39, 0.29) is 29.4 Å². The number of aliphatic hydroxyl groups excluding tert-OH is 1. The standard InChI is InChI=1S/C13H19FNO.BrH/c1-3-8-15(2,9-10-16)11-12-6-4-5-7-13(12)14;/h3-7,16H,1,8-11H2,2H3;1H/q+1;/p-1/t15-;/m1./s1. The first kappa shape index (κ1) is 16.3. The minimum Gasteiger partial charge on any atom is -1.00 e. The second-order valence-electron chi connectivity index (χ2n) is 4.29. The van der Waals surface area contributed by atoms with Gasteiger partial charge in [-0.1, -0.05) is 24.8 Å². The summed E-state index contributed by atoms with van der Waals surface area (Å²) in [6.07, 6.45) is 1.80. The molecule has 1 aromatic rings. The second kappa shape index (κ2) is 7.58. The third-order valence-corrected chi connectivity index (χ3v) is 2.72. The molecule has 0 saturated heterocycles. The third kappa shape index (κ3) is 4.98. The molecule has 96 valence electrons. The Balaban J connectivity index is 0.00000256. The Labute approximate surface area is 113 Å². The van der Waals surface area contributed by atoms with Crippen LogP contribution in [0.5, 0.6) is 0 Å². The van der Waals surface area contributed by atoms with Gasteiger partial charge in [0.05, 0.1) is 20.2 Å².